The lowest BCUT2D eigenvalue weighted by atomic mass is 10.1. The van der Waals surface area contributed by atoms with Gasteiger partial charge in [-0.25, -0.2) is 9.75 Å². The first-order valence-corrected chi connectivity index (χ1v) is 10.5. The summed E-state index contributed by atoms with van der Waals surface area (Å²) in [6, 6.07) is 8.36. The molecule has 2 aromatic rings. The van der Waals surface area contributed by atoms with Crippen molar-refractivity contribution in [2.24, 2.45) is 0 Å². The number of ether oxygens (including phenoxy) is 1. The van der Waals surface area contributed by atoms with Crippen LogP contribution >= 0.6 is 0 Å². The van der Waals surface area contributed by atoms with Gasteiger partial charge in [-0.05, 0) is 38.5 Å². The summed E-state index contributed by atoms with van der Waals surface area (Å²) in [5.74, 6) is -0.0115. The zero-order valence-corrected chi connectivity index (χ0v) is 19.1. The number of nitrogens with zero attached hydrogens (tertiary/aromatic N) is 3. The number of hydrogen-bond donors (Lipinski definition) is 1. The first-order valence-electron chi connectivity index (χ1n) is 10.5. The van der Waals surface area contributed by atoms with Crippen LogP contribution in [0.25, 0.3) is 5.69 Å². The molecule has 1 aliphatic heterocycles. The number of carbonyl (C=O) groups is 2. The molecule has 1 unspecified atom stereocenters. The number of rotatable bonds is 2. The van der Waals surface area contributed by atoms with Crippen molar-refractivity contribution in [3.8, 4) is 11.4 Å². The van der Waals surface area contributed by atoms with E-state index in [2.05, 4.69) is 10.4 Å². The minimum Gasteiger partial charge on any atom is -0.493 e. The first kappa shape index (κ1) is 24.1. The van der Waals surface area contributed by atoms with Crippen LogP contribution in [0.4, 0.5) is 0 Å². The molecule has 8 nitrogen and oxygen atoms in total. The SMILES string of the molecule is CC.CON(C)C(=O)C1C/C=C(\C)CCOc2cccc(c2)-n2nc(C)cc2C(=O)N1. The lowest BCUT2D eigenvalue weighted by Crippen LogP contribution is -2.47. The number of hydrogen-bond acceptors (Lipinski definition) is 5. The highest BCUT2D eigenvalue weighted by Crippen LogP contribution is 2.20. The third kappa shape index (κ3) is 6.18. The average Bonchev–Trinajstić information content (AvgIpc) is 3.18. The highest BCUT2D eigenvalue weighted by molar-refractivity contribution is 5.96. The van der Waals surface area contributed by atoms with Gasteiger partial charge in [0.15, 0.2) is 0 Å². The summed E-state index contributed by atoms with van der Waals surface area (Å²) < 4.78 is 7.42. The molecule has 1 N–H and O–H groups in total. The van der Waals surface area contributed by atoms with E-state index in [0.29, 0.717) is 42.3 Å². The van der Waals surface area contributed by atoms with Crippen LogP contribution in [-0.4, -0.2) is 53.5 Å². The van der Waals surface area contributed by atoms with Gasteiger partial charge in [-0.1, -0.05) is 31.6 Å². The van der Waals surface area contributed by atoms with Crippen LogP contribution in [0.15, 0.2) is 42.0 Å². The van der Waals surface area contributed by atoms with Gasteiger partial charge in [0.25, 0.3) is 11.8 Å². The summed E-state index contributed by atoms with van der Waals surface area (Å²) in [5.41, 5.74) is 2.82. The van der Waals surface area contributed by atoms with Gasteiger partial charge in [-0.3, -0.25) is 14.4 Å². The normalized spacial score (nSPS) is 18.1. The zero-order chi connectivity index (χ0) is 23.0. The van der Waals surface area contributed by atoms with Crippen LogP contribution in [0.1, 0.15) is 49.8 Å². The van der Waals surface area contributed by atoms with E-state index in [-0.39, 0.29) is 11.8 Å². The van der Waals surface area contributed by atoms with Crippen molar-refractivity contribution in [1.82, 2.24) is 20.2 Å². The molecule has 2 bridgehead atoms. The maximum atomic E-state index is 13.1. The van der Waals surface area contributed by atoms with E-state index < -0.39 is 6.04 Å². The number of carbonyl (C=O) groups excluding carboxylic acids is 2. The maximum absolute atomic E-state index is 13.1. The van der Waals surface area contributed by atoms with Crippen molar-refractivity contribution in [1.29, 1.82) is 0 Å². The number of aromatic nitrogens is 2. The Morgan fingerprint density at radius 2 is 2.03 bits per heavy atom. The summed E-state index contributed by atoms with van der Waals surface area (Å²) in [5, 5.41) is 8.40. The standard InChI is InChI=1S/C21H26N4O4.C2H6/c1-14-8-9-18(21(27)24(3)28-4)22-20(26)19-12-15(2)23-25(19)16-6-5-7-17(13-16)29-11-10-14;1-2/h5-8,12-13,18H,9-11H2,1-4H3,(H,22,26);1-2H3/b14-8+;. The molecule has 1 aromatic carbocycles. The molecule has 31 heavy (non-hydrogen) atoms. The van der Waals surface area contributed by atoms with Crippen molar-refractivity contribution in [3.63, 3.8) is 0 Å². The van der Waals surface area contributed by atoms with Crippen LogP contribution in [0.3, 0.4) is 0 Å². The van der Waals surface area contributed by atoms with Gasteiger partial charge in [-0.2, -0.15) is 5.10 Å². The number of likely N-dealkylation sites (N-methyl/N-ethyl adjacent to an activating group) is 1. The Kier molecular flexibility index (Phi) is 8.81. The molecular weight excluding hydrogens is 396 g/mol. The van der Waals surface area contributed by atoms with Crippen molar-refractivity contribution < 1.29 is 19.2 Å². The Bertz CT molecular complexity index is 935. The number of fused-ring (bicyclic) bond motifs is 4. The predicted molar refractivity (Wildman–Crippen MR) is 119 cm³/mol. The zero-order valence-electron chi connectivity index (χ0n) is 19.1. The van der Waals surface area contributed by atoms with E-state index in [9.17, 15) is 9.59 Å². The minimum absolute atomic E-state index is 0.335. The summed E-state index contributed by atoms with van der Waals surface area (Å²) in [4.78, 5) is 30.8. The van der Waals surface area contributed by atoms with E-state index in [1.54, 1.807) is 10.7 Å². The second-order valence-electron chi connectivity index (χ2n) is 7.01. The smallest absolute Gasteiger partial charge is 0.270 e. The molecule has 168 valence electrons. The first-order chi connectivity index (χ1) is 14.9. The van der Waals surface area contributed by atoms with Gasteiger partial charge in [0.1, 0.15) is 17.5 Å². The van der Waals surface area contributed by atoms with E-state index in [1.165, 1.54) is 14.2 Å². The van der Waals surface area contributed by atoms with Gasteiger partial charge in [0.05, 0.1) is 25.1 Å². The van der Waals surface area contributed by atoms with Gasteiger partial charge < -0.3 is 10.1 Å². The molecule has 0 spiro atoms. The Morgan fingerprint density at radius 1 is 1.29 bits per heavy atom. The fourth-order valence-corrected chi connectivity index (χ4v) is 3.08. The third-order valence-electron chi connectivity index (χ3n) is 4.78. The summed E-state index contributed by atoms with van der Waals surface area (Å²) in [7, 11) is 2.93. The van der Waals surface area contributed by atoms with Gasteiger partial charge in [-0.15, -0.1) is 0 Å². The molecule has 2 amide bonds. The highest BCUT2D eigenvalue weighted by Gasteiger charge is 2.26. The molecule has 0 saturated heterocycles. The second kappa shape index (κ2) is 11.3. The minimum atomic E-state index is -0.763. The van der Waals surface area contributed by atoms with Crippen LogP contribution in [0.2, 0.25) is 0 Å². The van der Waals surface area contributed by atoms with E-state index >= 15 is 0 Å². The topological polar surface area (TPSA) is 85.7 Å². The maximum Gasteiger partial charge on any atom is 0.270 e. The van der Waals surface area contributed by atoms with E-state index in [4.69, 9.17) is 9.57 Å². The number of aryl methyl sites for hydroxylation is 1. The Morgan fingerprint density at radius 3 is 2.74 bits per heavy atom. The van der Waals surface area contributed by atoms with Crippen molar-refractivity contribution in [3.05, 3.63) is 53.4 Å². The largest absolute Gasteiger partial charge is 0.493 e. The average molecular weight is 429 g/mol. The van der Waals surface area contributed by atoms with Gasteiger partial charge in [0, 0.05) is 19.5 Å². The van der Waals surface area contributed by atoms with E-state index in [0.717, 1.165) is 10.6 Å². The Labute approximate surface area is 183 Å². The summed E-state index contributed by atoms with van der Waals surface area (Å²) in [6.45, 7) is 8.31. The number of nitrogens with one attached hydrogen (secondary N) is 1. The molecule has 1 aliphatic rings. The highest BCUT2D eigenvalue weighted by atomic mass is 16.7. The lowest BCUT2D eigenvalue weighted by molar-refractivity contribution is -0.170. The summed E-state index contributed by atoms with van der Waals surface area (Å²) in [6.07, 6.45) is 3.01. The molecule has 8 heteroatoms. The number of benzene rings is 1. The van der Waals surface area contributed by atoms with Crippen molar-refractivity contribution in [2.75, 3.05) is 20.8 Å². The second-order valence-corrected chi connectivity index (χ2v) is 7.01. The lowest BCUT2D eigenvalue weighted by Gasteiger charge is -2.22. The molecule has 2 heterocycles. The molecule has 0 saturated carbocycles. The molecule has 0 radical (unpaired) electrons. The van der Waals surface area contributed by atoms with Gasteiger partial charge >= 0.3 is 0 Å². The fourth-order valence-electron chi connectivity index (χ4n) is 3.08. The Hall–Kier alpha value is -3.13. The van der Waals surface area contributed by atoms with Gasteiger partial charge in [0.2, 0.25) is 0 Å². The van der Waals surface area contributed by atoms with Crippen molar-refractivity contribution in [2.45, 2.75) is 46.6 Å². The Balaban J connectivity index is 0.00000166. The monoisotopic (exact) mass is 428 g/mol. The number of hydroxylamine groups is 2. The van der Waals surface area contributed by atoms with Crippen LogP contribution in [0.5, 0.6) is 5.75 Å². The molecule has 1 atom stereocenters. The molecular formula is C23H32N4O4. The van der Waals surface area contributed by atoms with Crippen LogP contribution < -0.4 is 10.1 Å². The molecule has 0 aliphatic carbocycles. The molecule has 1 aromatic heterocycles. The predicted octanol–water partition coefficient (Wildman–Crippen LogP) is 3.44. The van der Waals surface area contributed by atoms with Crippen LogP contribution in [-0.2, 0) is 9.63 Å². The van der Waals surface area contributed by atoms with Crippen molar-refractivity contribution >= 4 is 11.8 Å². The third-order valence-corrected chi connectivity index (χ3v) is 4.78. The molecule has 3 rings (SSSR count). The summed E-state index contributed by atoms with van der Waals surface area (Å²) >= 11 is 0. The van der Waals surface area contributed by atoms with E-state index in [1.807, 2.05) is 58.0 Å². The van der Waals surface area contributed by atoms with Crippen LogP contribution in [0, 0.1) is 6.92 Å². The molecule has 0 fully saturated rings. The number of amides is 2. The quantitative estimate of drug-likeness (QED) is 0.585. The fraction of sp³-hybridized carbons (Fsp3) is 0.435.